The van der Waals surface area contributed by atoms with E-state index < -0.39 is 5.60 Å². The zero-order valence-corrected chi connectivity index (χ0v) is 18.7. The molecule has 9 nitrogen and oxygen atoms in total. The van der Waals surface area contributed by atoms with E-state index >= 15 is 0 Å². The van der Waals surface area contributed by atoms with Gasteiger partial charge in [-0.1, -0.05) is 0 Å². The molecule has 1 aromatic carbocycles. The van der Waals surface area contributed by atoms with Crippen molar-refractivity contribution in [3.8, 4) is 5.69 Å². The van der Waals surface area contributed by atoms with Gasteiger partial charge < -0.3 is 24.7 Å². The molecule has 9 heteroatoms. The van der Waals surface area contributed by atoms with Crippen molar-refractivity contribution in [2.24, 2.45) is 5.92 Å². The van der Waals surface area contributed by atoms with Crippen molar-refractivity contribution in [2.45, 2.75) is 38.7 Å². The molecule has 32 heavy (non-hydrogen) atoms. The fourth-order valence-corrected chi connectivity index (χ4v) is 3.79. The van der Waals surface area contributed by atoms with Crippen LogP contribution in [0.1, 0.15) is 38.7 Å². The Bertz CT molecular complexity index is 1060. The predicted molar refractivity (Wildman–Crippen MR) is 121 cm³/mol. The third-order valence-corrected chi connectivity index (χ3v) is 5.64. The molecule has 1 amide bonds. The Labute approximate surface area is 187 Å². The van der Waals surface area contributed by atoms with Gasteiger partial charge >= 0.3 is 6.09 Å². The van der Waals surface area contributed by atoms with Crippen LogP contribution in [0, 0.1) is 5.92 Å². The van der Waals surface area contributed by atoms with E-state index in [4.69, 9.17) is 4.74 Å². The molecule has 0 unspecified atom stereocenters. The average molecular weight is 439 g/mol. The molecule has 0 spiro atoms. The highest BCUT2D eigenvalue weighted by Crippen LogP contribution is 2.29. The van der Waals surface area contributed by atoms with E-state index in [9.17, 15) is 9.59 Å². The molecule has 0 bridgehead atoms. The SMILES string of the molecule is CC(C)(C)OC(=O)N1CC(CC=O)C1.c1ncn(-c2ccc3[nH]cc(C4CNC4)c3c2)n1. The molecular formula is C23H30N6O3. The summed E-state index contributed by atoms with van der Waals surface area (Å²) in [6.45, 7) is 8.96. The summed E-state index contributed by atoms with van der Waals surface area (Å²) >= 11 is 0. The Morgan fingerprint density at radius 1 is 1.28 bits per heavy atom. The van der Waals surface area contributed by atoms with Crippen molar-refractivity contribution < 1.29 is 14.3 Å². The fourth-order valence-electron chi connectivity index (χ4n) is 3.79. The molecule has 3 aromatic rings. The Kier molecular flexibility index (Phi) is 6.27. The van der Waals surface area contributed by atoms with E-state index in [1.54, 1.807) is 22.2 Å². The highest BCUT2D eigenvalue weighted by atomic mass is 16.6. The molecule has 2 aromatic heterocycles. The summed E-state index contributed by atoms with van der Waals surface area (Å²) in [4.78, 5) is 30.5. The number of hydrogen-bond donors (Lipinski definition) is 2. The Morgan fingerprint density at radius 3 is 2.66 bits per heavy atom. The maximum absolute atomic E-state index is 11.4. The maximum Gasteiger partial charge on any atom is 0.410 e. The summed E-state index contributed by atoms with van der Waals surface area (Å²) < 4.78 is 6.95. The van der Waals surface area contributed by atoms with E-state index in [0.29, 0.717) is 31.3 Å². The van der Waals surface area contributed by atoms with Crippen molar-refractivity contribution in [1.82, 2.24) is 30.0 Å². The van der Waals surface area contributed by atoms with Crippen LogP contribution in [0.3, 0.4) is 0 Å². The van der Waals surface area contributed by atoms with Gasteiger partial charge in [-0.05, 0) is 44.5 Å². The van der Waals surface area contributed by atoms with Gasteiger partial charge in [-0.25, -0.2) is 14.5 Å². The third-order valence-electron chi connectivity index (χ3n) is 5.64. The summed E-state index contributed by atoms with van der Waals surface area (Å²) in [5, 5.41) is 8.77. The van der Waals surface area contributed by atoms with E-state index in [1.807, 2.05) is 20.8 Å². The number of aromatic nitrogens is 4. The third kappa shape index (κ3) is 4.99. The number of aromatic amines is 1. The van der Waals surface area contributed by atoms with E-state index in [-0.39, 0.29) is 6.09 Å². The van der Waals surface area contributed by atoms with Gasteiger partial charge in [0.05, 0.1) is 5.69 Å². The molecule has 170 valence electrons. The summed E-state index contributed by atoms with van der Waals surface area (Å²) in [6.07, 6.45) is 6.56. The molecule has 0 aliphatic carbocycles. The first-order valence-corrected chi connectivity index (χ1v) is 10.9. The van der Waals surface area contributed by atoms with Crippen LogP contribution in [-0.2, 0) is 9.53 Å². The van der Waals surface area contributed by atoms with Gasteiger partial charge in [0.15, 0.2) is 0 Å². The molecule has 2 aliphatic rings. The van der Waals surface area contributed by atoms with Gasteiger partial charge in [0.2, 0.25) is 0 Å². The van der Waals surface area contributed by atoms with E-state index in [2.05, 4.69) is 44.8 Å². The smallest absolute Gasteiger partial charge is 0.410 e. The lowest BCUT2D eigenvalue weighted by Crippen LogP contribution is -2.51. The molecule has 5 rings (SSSR count). The Morgan fingerprint density at radius 2 is 2.06 bits per heavy atom. The van der Waals surface area contributed by atoms with Crippen LogP contribution in [0.2, 0.25) is 0 Å². The standard InChI is InChI=1S/C13H13N5.C10H17NO3/c1-2-13-11(3-10(1)18-8-15-7-17-18)12(6-16-13)9-4-14-5-9;1-10(2,3)14-9(13)11-6-8(7-11)4-5-12/h1-3,6-9,14,16H,4-5H2;5,8H,4,6-7H2,1-3H3. The zero-order valence-electron chi connectivity index (χ0n) is 18.7. The van der Waals surface area contributed by atoms with Gasteiger partial charge in [0.25, 0.3) is 0 Å². The number of fused-ring (bicyclic) bond motifs is 1. The molecule has 2 saturated heterocycles. The molecule has 0 radical (unpaired) electrons. The predicted octanol–water partition coefficient (Wildman–Crippen LogP) is 2.88. The van der Waals surface area contributed by atoms with Crippen LogP contribution < -0.4 is 5.32 Å². The van der Waals surface area contributed by atoms with Crippen molar-refractivity contribution in [3.05, 3.63) is 42.6 Å². The molecule has 0 atom stereocenters. The molecule has 0 saturated carbocycles. The average Bonchev–Trinajstić information content (AvgIpc) is 3.32. The number of likely N-dealkylation sites (tertiary alicyclic amines) is 1. The number of nitrogens with one attached hydrogen (secondary N) is 2. The van der Waals surface area contributed by atoms with Crippen LogP contribution in [0.25, 0.3) is 16.6 Å². The quantitative estimate of drug-likeness (QED) is 0.607. The first-order chi connectivity index (χ1) is 15.3. The summed E-state index contributed by atoms with van der Waals surface area (Å²) in [5.41, 5.74) is 3.19. The lowest BCUT2D eigenvalue weighted by atomic mass is 9.93. The van der Waals surface area contributed by atoms with Crippen LogP contribution in [-0.4, -0.2) is 68.8 Å². The number of H-pyrrole nitrogens is 1. The van der Waals surface area contributed by atoms with Gasteiger partial charge in [0.1, 0.15) is 24.5 Å². The topological polar surface area (TPSA) is 105 Å². The fraction of sp³-hybridized carbons (Fsp3) is 0.478. The number of benzene rings is 1. The minimum absolute atomic E-state index is 0.278. The summed E-state index contributed by atoms with van der Waals surface area (Å²) in [7, 11) is 0. The number of rotatable bonds is 4. The van der Waals surface area contributed by atoms with Crippen molar-refractivity contribution in [1.29, 1.82) is 0 Å². The van der Waals surface area contributed by atoms with Crippen LogP contribution >= 0.6 is 0 Å². The molecule has 2 N–H and O–H groups in total. The van der Waals surface area contributed by atoms with E-state index in [1.165, 1.54) is 16.5 Å². The van der Waals surface area contributed by atoms with Crippen molar-refractivity contribution >= 4 is 23.3 Å². The van der Waals surface area contributed by atoms with Gasteiger partial charge in [-0.2, -0.15) is 5.10 Å². The largest absolute Gasteiger partial charge is 0.444 e. The van der Waals surface area contributed by atoms with E-state index in [0.717, 1.165) is 25.1 Å². The van der Waals surface area contributed by atoms with Crippen molar-refractivity contribution in [3.63, 3.8) is 0 Å². The number of nitrogens with zero attached hydrogens (tertiary/aromatic N) is 4. The highest BCUT2D eigenvalue weighted by molar-refractivity contribution is 5.86. The number of carbonyl (C=O) groups is 2. The number of hydrogen-bond acceptors (Lipinski definition) is 6. The molecule has 2 aliphatic heterocycles. The number of amides is 1. The molecular weight excluding hydrogens is 408 g/mol. The second-order valence-electron chi connectivity index (χ2n) is 9.32. The summed E-state index contributed by atoms with van der Waals surface area (Å²) in [6, 6.07) is 6.33. The second-order valence-corrected chi connectivity index (χ2v) is 9.32. The van der Waals surface area contributed by atoms with Crippen LogP contribution in [0.15, 0.2) is 37.1 Å². The Balaban J connectivity index is 0.000000159. The summed E-state index contributed by atoms with van der Waals surface area (Å²) in [5.74, 6) is 0.963. The highest BCUT2D eigenvalue weighted by Gasteiger charge is 2.33. The van der Waals surface area contributed by atoms with Gasteiger partial charge in [0, 0.05) is 61.5 Å². The second kappa shape index (κ2) is 9.12. The molecule has 2 fully saturated rings. The number of ether oxygens (including phenoxy) is 1. The van der Waals surface area contributed by atoms with Crippen LogP contribution in [0.4, 0.5) is 4.79 Å². The monoisotopic (exact) mass is 438 g/mol. The van der Waals surface area contributed by atoms with Gasteiger partial charge in [-0.3, -0.25) is 0 Å². The minimum atomic E-state index is -0.438. The van der Waals surface area contributed by atoms with Crippen molar-refractivity contribution in [2.75, 3.05) is 26.2 Å². The first-order valence-electron chi connectivity index (χ1n) is 10.9. The number of carbonyl (C=O) groups excluding carboxylic acids is 2. The lowest BCUT2D eigenvalue weighted by molar-refractivity contribution is -0.109. The number of aldehydes is 1. The maximum atomic E-state index is 11.4. The lowest BCUT2D eigenvalue weighted by Gasteiger charge is -2.39. The Hall–Kier alpha value is -3.20. The first kappa shape index (κ1) is 22.0. The minimum Gasteiger partial charge on any atom is -0.444 e. The van der Waals surface area contributed by atoms with Crippen LogP contribution in [0.5, 0.6) is 0 Å². The normalized spacial score (nSPS) is 16.7. The van der Waals surface area contributed by atoms with Gasteiger partial charge in [-0.15, -0.1) is 0 Å². The molecule has 4 heterocycles. The zero-order chi connectivity index (χ0) is 22.7.